The van der Waals surface area contributed by atoms with E-state index >= 15 is 0 Å². The molecule has 2 rings (SSSR count). The molecule has 0 bridgehead atoms. The molecule has 1 heterocycles. The number of amides is 1. The van der Waals surface area contributed by atoms with Gasteiger partial charge in [0.15, 0.2) is 0 Å². The average Bonchev–Trinajstić information content (AvgIpc) is 2.77. The lowest BCUT2D eigenvalue weighted by Gasteiger charge is -2.25. The molecule has 0 aliphatic carbocycles. The van der Waals surface area contributed by atoms with Crippen molar-refractivity contribution in [1.29, 1.82) is 0 Å². The molecule has 0 saturated carbocycles. The molecule has 0 radical (unpaired) electrons. The molecule has 1 atom stereocenters. The van der Waals surface area contributed by atoms with E-state index in [1.807, 2.05) is 18.7 Å². The fourth-order valence-electron chi connectivity index (χ4n) is 2.64. The van der Waals surface area contributed by atoms with Gasteiger partial charge in [-0.2, -0.15) is 0 Å². The van der Waals surface area contributed by atoms with Crippen molar-refractivity contribution in [2.45, 2.75) is 39.7 Å². The van der Waals surface area contributed by atoms with E-state index in [4.69, 9.17) is 0 Å². The maximum absolute atomic E-state index is 12.2. The topological polar surface area (TPSA) is 20.3 Å². The summed E-state index contributed by atoms with van der Waals surface area (Å²) in [6.07, 6.45) is 3.92. The summed E-state index contributed by atoms with van der Waals surface area (Å²) in [4.78, 5) is 14.2. The van der Waals surface area contributed by atoms with E-state index < -0.39 is 0 Å². The molecule has 0 N–H and O–H groups in total. The highest BCUT2D eigenvalue weighted by molar-refractivity contribution is 5.88. The number of benzene rings is 1. The maximum atomic E-state index is 12.2. The van der Waals surface area contributed by atoms with Crippen LogP contribution in [0.5, 0.6) is 0 Å². The molecule has 2 heteroatoms. The van der Waals surface area contributed by atoms with E-state index in [2.05, 4.69) is 31.2 Å². The molecule has 1 aromatic carbocycles. The van der Waals surface area contributed by atoms with Crippen LogP contribution in [-0.2, 0) is 4.79 Å². The quantitative estimate of drug-likeness (QED) is 0.726. The Balaban J connectivity index is 2.26. The molecule has 1 aliphatic rings. The zero-order valence-electron chi connectivity index (χ0n) is 11.4. The Morgan fingerprint density at radius 1 is 1.33 bits per heavy atom. The van der Waals surface area contributed by atoms with Crippen molar-refractivity contribution < 1.29 is 4.79 Å². The summed E-state index contributed by atoms with van der Waals surface area (Å²) < 4.78 is 0. The summed E-state index contributed by atoms with van der Waals surface area (Å²) >= 11 is 0. The standard InChI is InChI=1S/C16H21NO/c1-12(2)11-16(18)17-10-6-9-15(17)14-8-5-4-7-13(14)3/h4-5,7-8,11,15H,6,9-10H2,1-3H3. The number of hydrogen-bond acceptors (Lipinski definition) is 1. The molecule has 1 aliphatic heterocycles. The first-order valence-electron chi connectivity index (χ1n) is 6.60. The van der Waals surface area contributed by atoms with E-state index in [1.54, 1.807) is 6.08 Å². The smallest absolute Gasteiger partial charge is 0.246 e. The second kappa shape index (κ2) is 5.38. The molecule has 1 unspecified atom stereocenters. The van der Waals surface area contributed by atoms with Gasteiger partial charge in [0.25, 0.3) is 0 Å². The molecule has 0 spiro atoms. The number of carbonyl (C=O) groups excluding carboxylic acids is 1. The summed E-state index contributed by atoms with van der Waals surface area (Å²) in [6.45, 7) is 6.94. The van der Waals surface area contributed by atoms with Crippen molar-refractivity contribution >= 4 is 5.91 Å². The Bertz CT molecular complexity index is 472. The van der Waals surface area contributed by atoms with Gasteiger partial charge in [0.1, 0.15) is 0 Å². The van der Waals surface area contributed by atoms with E-state index in [1.165, 1.54) is 11.1 Å². The minimum atomic E-state index is 0.153. The monoisotopic (exact) mass is 243 g/mol. The summed E-state index contributed by atoms with van der Waals surface area (Å²) in [5, 5.41) is 0. The Kier molecular flexibility index (Phi) is 3.85. The number of allylic oxidation sites excluding steroid dienone is 1. The predicted octanol–water partition coefficient (Wildman–Crippen LogP) is 3.62. The van der Waals surface area contributed by atoms with E-state index in [0.29, 0.717) is 0 Å². The third kappa shape index (κ3) is 2.63. The second-order valence-electron chi connectivity index (χ2n) is 5.27. The first kappa shape index (κ1) is 12.9. The third-order valence-electron chi connectivity index (χ3n) is 3.50. The number of nitrogens with zero attached hydrogens (tertiary/aromatic N) is 1. The van der Waals surface area contributed by atoms with Crippen LogP contribution in [0, 0.1) is 6.92 Å². The zero-order chi connectivity index (χ0) is 13.1. The number of carbonyl (C=O) groups is 1. The molecule has 1 saturated heterocycles. The maximum Gasteiger partial charge on any atom is 0.246 e. The summed E-state index contributed by atoms with van der Waals surface area (Å²) in [6, 6.07) is 8.64. The van der Waals surface area contributed by atoms with Crippen molar-refractivity contribution in [2.24, 2.45) is 0 Å². The largest absolute Gasteiger partial charge is 0.332 e. The molecule has 18 heavy (non-hydrogen) atoms. The van der Waals surface area contributed by atoms with Crippen molar-refractivity contribution in [3.05, 3.63) is 47.0 Å². The van der Waals surface area contributed by atoms with Gasteiger partial charge in [0, 0.05) is 12.6 Å². The lowest BCUT2D eigenvalue weighted by atomic mass is 9.99. The molecular formula is C16H21NO. The summed E-state index contributed by atoms with van der Waals surface area (Å²) in [5.41, 5.74) is 3.64. The fourth-order valence-corrected chi connectivity index (χ4v) is 2.64. The minimum absolute atomic E-state index is 0.153. The highest BCUT2D eigenvalue weighted by Gasteiger charge is 2.29. The van der Waals surface area contributed by atoms with E-state index in [-0.39, 0.29) is 11.9 Å². The number of rotatable bonds is 2. The van der Waals surface area contributed by atoms with Crippen molar-refractivity contribution in [3.63, 3.8) is 0 Å². The Hall–Kier alpha value is -1.57. The molecule has 1 aromatic rings. The molecule has 1 fully saturated rings. The molecule has 2 nitrogen and oxygen atoms in total. The summed E-state index contributed by atoms with van der Waals surface area (Å²) in [7, 11) is 0. The van der Waals surface area contributed by atoms with Crippen LogP contribution in [0.25, 0.3) is 0 Å². The molecular weight excluding hydrogens is 222 g/mol. The van der Waals surface area contributed by atoms with Gasteiger partial charge >= 0.3 is 0 Å². The van der Waals surface area contributed by atoms with Crippen LogP contribution in [0.3, 0.4) is 0 Å². The molecule has 0 aromatic heterocycles. The van der Waals surface area contributed by atoms with Crippen molar-refractivity contribution in [1.82, 2.24) is 4.90 Å². The SMILES string of the molecule is CC(C)=CC(=O)N1CCCC1c1ccccc1C. The predicted molar refractivity (Wildman–Crippen MR) is 74.3 cm³/mol. The van der Waals surface area contributed by atoms with Gasteiger partial charge in [-0.05, 0) is 44.7 Å². The highest BCUT2D eigenvalue weighted by Crippen LogP contribution is 2.33. The van der Waals surface area contributed by atoms with Crippen LogP contribution in [0.15, 0.2) is 35.9 Å². The third-order valence-corrected chi connectivity index (χ3v) is 3.50. The van der Waals surface area contributed by atoms with Crippen LogP contribution in [-0.4, -0.2) is 17.4 Å². The van der Waals surface area contributed by atoms with Gasteiger partial charge in [-0.3, -0.25) is 4.79 Å². The first-order chi connectivity index (χ1) is 8.59. The van der Waals surface area contributed by atoms with E-state index in [0.717, 1.165) is 25.0 Å². The van der Waals surface area contributed by atoms with Crippen LogP contribution in [0.1, 0.15) is 43.9 Å². The van der Waals surface area contributed by atoms with Gasteiger partial charge < -0.3 is 4.90 Å². The number of likely N-dealkylation sites (tertiary alicyclic amines) is 1. The van der Waals surface area contributed by atoms with Gasteiger partial charge in [-0.25, -0.2) is 0 Å². The van der Waals surface area contributed by atoms with Gasteiger partial charge in [-0.1, -0.05) is 29.8 Å². The first-order valence-corrected chi connectivity index (χ1v) is 6.60. The fraction of sp³-hybridized carbons (Fsp3) is 0.438. The lowest BCUT2D eigenvalue weighted by Crippen LogP contribution is -2.29. The highest BCUT2D eigenvalue weighted by atomic mass is 16.2. The zero-order valence-corrected chi connectivity index (χ0v) is 11.4. The lowest BCUT2D eigenvalue weighted by molar-refractivity contribution is -0.126. The van der Waals surface area contributed by atoms with Gasteiger partial charge in [0.2, 0.25) is 5.91 Å². The van der Waals surface area contributed by atoms with Crippen molar-refractivity contribution in [3.8, 4) is 0 Å². The Labute approximate surface area is 109 Å². The number of aryl methyl sites for hydroxylation is 1. The van der Waals surface area contributed by atoms with Gasteiger partial charge in [0.05, 0.1) is 6.04 Å². The summed E-state index contributed by atoms with van der Waals surface area (Å²) in [5.74, 6) is 0.153. The normalized spacial score (nSPS) is 18.8. The van der Waals surface area contributed by atoms with E-state index in [9.17, 15) is 4.79 Å². The van der Waals surface area contributed by atoms with Gasteiger partial charge in [-0.15, -0.1) is 0 Å². The van der Waals surface area contributed by atoms with Crippen molar-refractivity contribution in [2.75, 3.05) is 6.54 Å². The van der Waals surface area contributed by atoms with Crippen LogP contribution < -0.4 is 0 Å². The average molecular weight is 243 g/mol. The Morgan fingerprint density at radius 2 is 2.06 bits per heavy atom. The second-order valence-corrected chi connectivity index (χ2v) is 5.27. The van der Waals surface area contributed by atoms with Crippen LogP contribution >= 0.6 is 0 Å². The molecule has 96 valence electrons. The van der Waals surface area contributed by atoms with Crippen LogP contribution in [0.2, 0.25) is 0 Å². The Morgan fingerprint density at radius 3 is 2.72 bits per heavy atom. The number of hydrogen-bond donors (Lipinski definition) is 0. The molecule has 1 amide bonds. The minimum Gasteiger partial charge on any atom is -0.332 e. The van der Waals surface area contributed by atoms with Crippen LogP contribution in [0.4, 0.5) is 0 Å².